The monoisotopic (exact) mass is 185 g/mol. The maximum absolute atomic E-state index is 10.9. The van der Waals surface area contributed by atoms with E-state index < -0.39 is 10.9 Å². The number of ether oxygens (including phenoxy) is 1. The first-order valence-electron chi connectivity index (χ1n) is 3.33. The molecule has 0 bridgehead atoms. The lowest BCUT2D eigenvalue weighted by atomic mass is 10.4. The highest BCUT2D eigenvalue weighted by Gasteiger charge is 2.19. The van der Waals surface area contributed by atoms with Gasteiger partial charge in [-0.25, -0.2) is 4.79 Å². The van der Waals surface area contributed by atoms with E-state index >= 15 is 0 Å². The molecule has 0 N–H and O–H groups in total. The van der Waals surface area contributed by atoms with Gasteiger partial charge in [-0.3, -0.25) is 0 Å². The summed E-state index contributed by atoms with van der Waals surface area (Å²) in [5.74, 6) is -0.941. The lowest BCUT2D eigenvalue weighted by molar-refractivity contribution is -0.392. The number of aromatic nitrogens is 2. The molecule has 0 aliphatic heterocycles. The zero-order chi connectivity index (χ0) is 10.0. The van der Waals surface area contributed by atoms with Gasteiger partial charge in [-0.2, -0.15) is 0 Å². The number of methoxy groups -OCH3 is 1. The third-order valence-corrected chi connectivity index (χ3v) is 1.44. The largest absolute Gasteiger partial charge is 0.464 e. The third-order valence-electron chi connectivity index (χ3n) is 1.44. The van der Waals surface area contributed by atoms with E-state index in [1.807, 2.05) is 0 Å². The maximum Gasteiger partial charge on any atom is 0.360 e. The summed E-state index contributed by atoms with van der Waals surface area (Å²) in [6.45, 7) is 0. The summed E-state index contributed by atoms with van der Waals surface area (Å²) in [5.41, 5.74) is -0.0725. The first kappa shape index (κ1) is 9.17. The SMILES string of the molecule is COC(=O)c1cc([N+](=O)[O-])n(C)n1. The van der Waals surface area contributed by atoms with Crippen LogP contribution >= 0.6 is 0 Å². The Hall–Kier alpha value is -1.92. The fourth-order valence-electron chi connectivity index (χ4n) is 0.833. The molecule has 0 fully saturated rings. The van der Waals surface area contributed by atoms with E-state index in [4.69, 9.17) is 0 Å². The van der Waals surface area contributed by atoms with E-state index in [0.717, 1.165) is 10.7 Å². The molecular weight excluding hydrogens is 178 g/mol. The van der Waals surface area contributed by atoms with E-state index in [1.54, 1.807) is 0 Å². The Morgan fingerprint density at radius 3 is 2.77 bits per heavy atom. The molecule has 1 aromatic heterocycles. The number of nitrogens with zero attached hydrogens (tertiary/aromatic N) is 3. The molecule has 7 heteroatoms. The van der Waals surface area contributed by atoms with E-state index in [-0.39, 0.29) is 11.5 Å². The van der Waals surface area contributed by atoms with E-state index in [0.29, 0.717) is 0 Å². The lowest BCUT2D eigenvalue weighted by Crippen LogP contribution is -2.03. The Morgan fingerprint density at radius 1 is 1.77 bits per heavy atom. The summed E-state index contributed by atoms with van der Waals surface area (Å²) in [6.07, 6.45) is 0. The van der Waals surface area contributed by atoms with Crippen LogP contribution in [-0.2, 0) is 11.8 Å². The highest BCUT2D eigenvalue weighted by Crippen LogP contribution is 2.11. The Labute approximate surface area is 73.1 Å². The fourth-order valence-corrected chi connectivity index (χ4v) is 0.833. The number of hydrogen-bond donors (Lipinski definition) is 0. The van der Waals surface area contributed by atoms with Crippen molar-refractivity contribution in [3.8, 4) is 0 Å². The molecule has 0 amide bonds. The molecule has 0 atom stereocenters. The van der Waals surface area contributed by atoms with Crippen molar-refractivity contribution in [3.63, 3.8) is 0 Å². The predicted molar refractivity (Wildman–Crippen MR) is 41.2 cm³/mol. The topological polar surface area (TPSA) is 87.3 Å². The first-order chi connectivity index (χ1) is 6.06. The molecule has 0 aromatic carbocycles. The van der Waals surface area contributed by atoms with Gasteiger partial charge in [0.1, 0.15) is 7.05 Å². The Balaban J connectivity index is 3.09. The molecule has 0 aliphatic rings. The molecule has 0 spiro atoms. The summed E-state index contributed by atoms with van der Waals surface area (Å²) >= 11 is 0. The second kappa shape index (κ2) is 3.21. The molecular formula is C6H7N3O4. The predicted octanol–water partition coefficient (Wildman–Crippen LogP) is 0.115. The lowest BCUT2D eigenvalue weighted by Gasteiger charge is -1.89. The molecule has 7 nitrogen and oxygen atoms in total. The number of esters is 1. The number of aryl methyl sites for hydroxylation is 1. The van der Waals surface area contributed by atoms with Gasteiger partial charge in [0.15, 0.2) is 5.69 Å². The third kappa shape index (κ3) is 1.63. The van der Waals surface area contributed by atoms with E-state index in [9.17, 15) is 14.9 Å². The molecule has 1 aromatic rings. The van der Waals surface area contributed by atoms with Crippen LogP contribution in [0.15, 0.2) is 6.07 Å². The minimum Gasteiger partial charge on any atom is -0.464 e. The fraction of sp³-hybridized carbons (Fsp3) is 0.333. The normalized spacial score (nSPS) is 9.69. The van der Waals surface area contributed by atoms with Crippen molar-refractivity contribution in [2.75, 3.05) is 7.11 Å². The van der Waals surface area contributed by atoms with Crippen LogP contribution in [-0.4, -0.2) is 27.8 Å². The summed E-state index contributed by atoms with van der Waals surface area (Å²) in [6, 6.07) is 1.06. The molecule has 1 rings (SSSR count). The van der Waals surface area contributed by atoms with E-state index in [2.05, 4.69) is 9.84 Å². The van der Waals surface area contributed by atoms with Gasteiger partial charge in [0.2, 0.25) is 0 Å². The van der Waals surface area contributed by atoms with Crippen LogP contribution < -0.4 is 0 Å². The smallest absolute Gasteiger partial charge is 0.360 e. The average Bonchev–Trinajstić information content (AvgIpc) is 2.46. The first-order valence-corrected chi connectivity index (χ1v) is 3.33. The van der Waals surface area contributed by atoms with Gasteiger partial charge in [-0.15, -0.1) is 4.68 Å². The maximum atomic E-state index is 10.9. The molecule has 0 radical (unpaired) electrons. The summed E-state index contributed by atoms with van der Waals surface area (Å²) in [7, 11) is 2.56. The van der Waals surface area contributed by atoms with Gasteiger partial charge in [0.25, 0.3) is 0 Å². The van der Waals surface area contributed by atoms with Crippen molar-refractivity contribution in [3.05, 3.63) is 21.9 Å². The molecule has 1 heterocycles. The summed E-state index contributed by atoms with van der Waals surface area (Å²) in [4.78, 5) is 20.6. The van der Waals surface area contributed by atoms with Crippen LogP contribution in [0.3, 0.4) is 0 Å². The minimum absolute atomic E-state index is 0.0725. The number of nitro groups is 1. The van der Waals surface area contributed by atoms with Gasteiger partial charge >= 0.3 is 11.8 Å². The second-order valence-corrected chi connectivity index (χ2v) is 2.26. The molecule has 0 saturated heterocycles. The van der Waals surface area contributed by atoms with Crippen LogP contribution in [0, 0.1) is 10.1 Å². The molecule has 0 unspecified atom stereocenters. The Bertz CT molecular complexity index is 357. The standard InChI is InChI=1S/C6H7N3O4/c1-8-5(9(11)12)3-4(7-8)6(10)13-2/h3H,1-2H3. The zero-order valence-corrected chi connectivity index (χ0v) is 7.05. The van der Waals surface area contributed by atoms with Gasteiger partial charge in [0.05, 0.1) is 13.2 Å². The van der Waals surface area contributed by atoms with E-state index in [1.165, 1.54) is 14.2 Å². The molecule has 13 heavy (non-hydrogen) atoms. The highest BCUT2D eigenvalue weighted by molar-refractivity contribution is 5.87. The van der Waals surface area contributed by atoms with Crippen LogP contribution in [0.4, 0.5) is 5.82 Å². The van der Waals surface area contributed by atoms with Crippen molar-refractivity contribution < 1.29 is 14.5 Å². The molecule has 0 aliphatic carbocycles. The van der Waals surface area contributed by atoms with Crippen molar-refractivity contribution in [1.82, 2.24) is 9.78 Å². The van der Waals surface area contributed by atoms with Crippen LogP contribution in [0.5, 0.6) is 0 Å². The number of rotatable bonds is 2. The van der Waals surface area contributed by atoms with Crippen molar-refractivity contribution in [2.24, 2.45) is 7.05 Å². The molecule has 70 valence electrons. The number of hydrogen-bond acceptors (Lipinski definition) is 5. The van der Waals surface area contributed by atoms with Crippen molar-refractivity contribution in [2.45, 2.75) is 0 Å². The number of carbonyl (C=O) groups excluding carboxylic acids is 1. The van der Waals surface area contributed by atoms with Gasteiger partial charge in [0, 0.05) is 0 Å². The van der Waals surface area contributed by atoms with Gasteiger partial charge in [-0.05, 0) is 4.92 Å². The van der Waals surface area contributed by atoms with Gasteiger partial charge < -0.3 is 14.9 Å². The Morgan fingerprint density at radius 2 is 2.38 bits per heavy atom. The minimum atomic E-state index is -0.691. The quantitative estimate of drug-likeness (QED) is 0.371. The second-order valence-electron chi connectivity index (χ2n) is 2.26. The van der Waals surface area contributed by atoms with Crippen LogP contribution in [0.25, 0.3) is 0 Å². The van der Waals surface area contributed by atoms with Crippen molar-refractivity contribution >= 4 is 11.8 Å². The highest BCUT2D eigenvalue weighted by atomic mass is 16.6. The number of carbonyl (C=O) groups is 1. The Kier molecular flexibility index (Phi) is 2.27. The van der Waals surface area contributed by atoms with Crippen LogP contribution in [0.1, 0.15) is 10.5 Å². The summed E-state index contributed by atoms with van der Waals surface area (Å²) in [5, 5.41) is 13.9. The van der Waals surface area contributed by atoms with Gasteiger partial charge in [-0.1, -0.05) is 5.10 Å². The van der Waals surface area contributed by atoms with Crippen LogP contribution in [0.2, 0.25) is 0 Å². The van der Waals surface area contributed by atoms with Crippen molar-refractivity contribution in [1.29, 1.82) is 0 Å². The summed E-state index contributed by atoms with van der Waals surface area (Å²) < 4.78 is 5.35. The molecule has 0 saturated carbocycles. The average molecular weight is 185 g/mol. The zero-order valence-electron chi connectivity index (χ0n) is 7.05.